The number of hydrogen-bond acceptors (Lipinski definition) is 5. The molecule has 5 heteroatoms. The third-order valence-corrected chi connectivity index (χ3v) is 3.88. The summed E-state index contributed by atoms with van der Waals surface area (Å²) in [4.78, 5) is 2.34. The summed E-state index contributed by atoms with van der Waals surface area (Å²) in [5.41, 5.74) is 13.1. The Labute approximate surface area is 120 Å². The monoisotopic (exact) mass is 279 g/mol. The van der Waals surface area contributed by atoms with E-state index in [9.17, 15) is 0 Å². The van der Waals surface area contributed by atoms with Crippen LogP contribution in [0.1, 0.15) is 17.9 Å². The lowest BCUT2D eigenvalue weighted by molar-refractivity contribution is 0.193. The Morgan fingerprint density at radius 2 is 1.95 bits per heavy atom. The van der Waals surface area contributed by atoms with Gasteiger partial charge in [0.1, 0.15) is 0 Å². The number of methoxy groups -OCH3 is 2. The van der Waals surface area contributed by atoms with E-state index < -0.39 is 0 Å². The number of nitrogens with two attached hydrogens (primary N) is 2. The molecule has 1 aliphatic rings. The van der Waals surface area contributed by atoms with Crippen LogP contribution in [0.5, 0.6) is 11.5 Å². The van der Waals surface area contributed by atoms with Gasteiger partial charge in [0.05, 0.1) is 14.2 Å². The molecule has 0 aliphatic carbocycles. The molecule has 112 valence electrons. The van der Waals surface area contributed by atoms with Crippen molar-refractivity contribution < 1.29 is 9.47 Å². The molecule has 2 unspecified atom stereocenters. The van der Waals surface area contributed by atoms with Crippen LogP contribution < -0.4 is 20.9 Å². The molecule has 0 saturated carbocycles. The molecular formula is C15H25N3O2. The van der Waals surface area contributed by atoms with Crippen LogP contribution in [0.3, 0.4) is 0 Å². The first-order chi connectivity index (χ1) is 9.67. The van der Waals surface area contributed by atoms with Gasteiger partial charge in [0.2, 0.25) is 0 Å². The van der Waals surface area contributed by atoms with Gasteiger partial charge in [-0.15, -0.1) is 0 Å². The molecule has 0 spiro atoms. The van der Waals surface area contributed by atoms with Crippen LogP contribution in [0.4, 0.5) is 0 Å². The van der Waals surface area contributed by atoms with Gasteiger partial charge in [-0.25, -0.2) is 0 Å². The predicted molar refractivity (Wildman–Crippen MR) is 80.4 cm³/mol. The zero-order chi connectivity index (χ0) is 14.5. The first-order valence-electron chi connectivity index (χ1n) is 7.07. The van der Waals surface area contributed by atoms with E-state index in [1.165, 1.54) is 5.56 Å². The molecule has 1 aliphatic heterocycles. The fraction of sp³-hybridized carbons (Fsp3) is 0.600. The standard InChI is InChI=1S/C15H25N3O2/c1-19-14-4-3-11(8-15(14)20-2)12-7-13(17)10-18(9-12)6-5-16/h3-4,8,12-13H,5-7,9-10,16-17H2,1-2H3. The molecule has 1 fully saturated rings. The highest BCUT2D eigenvalue weighted by atomic mass is 16.5. The molecule has 4 N–H and O–H groups in total. The number of piperidine rings is 1. The second-order valence-corrected chi connectivity index (χ2v) is 5.36. The minimum atomic E-state index is 0.202. The smallest absolute Gasteiger partial charge is 0.160 e. The Bertz CT molecular complexity index is 439. The lowest BCUT2D eigenvalue weighted by Crippen LogP contribution is -2.47. The van der Waals surface area contributed by atoms with E-state index >= 15 is 0 Å². The van der Waals surface area contributed by atoms with Crippen molar-refractivity contribution in [3.63, 3.8) is 0 Å². The third kappa shape index (κ3) is 3.42. The second kappa shape index (κ2) is 6.92. The van der Waals surface area contributed by atoms with Gasteiger partial charge in [0, 0.05) is 32.2 Å². The molecule has 2 rings (SSSR count). The van der Waals surface area contributed by atoms with E-state index in [0.717, 1.165) is 37.6 Å². The van der Waals surface area contributed by atoms with E-state index in [2.05, 4.69) is 17.0 Å². The van der Waals surface area contributed by atoms with E-state index in [-0.39, 0.29) is 6.04 Å². The van der Waals surface area contributed by atoms with Gasteiger partial charge >= 0.3 is 0 Å². The fourth-order valence-electron chi connectivity index (χ4n) is 2.95. The van der Waals surface area contributed by atoms with Gasteiger partial charge in [0.25, 0.3) is 0 Å². The summed E-state index contributed by atoms with van der Waals surface area (Å²) in [6.45, 7) is 3.50. The normalized spacial score (nSPS) is 23.6. The summed E-state index contributed by atoms with van der Waals surface area (Å²) in [5.74, 6) is 1.95. The van der Waals surface area contributed by atoms with Crippen molar-refractivity contribution in [3.8, 4) is 11.5 Å². The highest BCUT2D eigenvalue weighted by molar-refractivity contribution is 5.44. The third-order valence-electron chi connectivity index (χ3n) is 3.88. The van der Waals surface area contributed by atoms with Crippen molar-refractivity contribution in [1.82, 2.24) is 4.90 Å². The number of nitrogens with zero attached hydrogens (tertiary/aromatic N) is 1. The van der Waals surface area contributed by atoms with Crippen LogP contribution in [-0.2, 0) is 0 Å². The summed E-state index contributed by atoms with van der Waals surface area (Å²) in [7, 11) is 3.31. The summed E-state index contributed by atoms with van der Waals surface area (Å²) < 4.78 is 10.7. The second-order valence-electron chi connectivity index (χ2n) is 5.36. The summed E-state index contributed by atoms with van der Waals surface area (Å²) in [6.07, 6.45) is 0.997. The van der Waals surface area contributed by atoms with Crippen LogP contribution in [0.25, 0.3) is 0 Å². The minimum Gasteiger partial charge on any atom is -0.493 e. The van der Waals surface area contributed by atoms with Gasteiger partial charge in [-0.2, -0.15) is 0 Å². The molecule has 0 aromatic heterocycles. The van der Waals surface area contributed by atoms with Crippen molar-refractivity contribution >= 4 is 0 Å². The maximum Gasteiger partial charge on any atom is 0.160 e. The number of rotatable bonds is 5. The van der Waals surface area contributed by atoms with E-state index in [1.54, 1.807) is 14.2 Å². The summed E-state index contributed by atoms with van der Waals surface area (Å²) >= 11 is 0. The summed E-state index contributed by atoms with van der Waals surface area (Å²) in [5, 5.41) is 0. The summed E-state index contributed by atoms with van der Waals surface area (Å²) in [6, 6.07) is 6.32. The number of benzene rings is 1. The van der Waals surface area contributed by atoms with Gasteiger partial charge in [-0.3, -0.25) is 4.90 Å². The predicted octanol–water partition coefficient (Wildman–Crippen LogP) is 0.779. The highest BCUT2D eigenvalue weighted by Gasteiger charge is 2.26. The quantitative estimate of drug-likeness (QED) is 0.833. The van der Waals surface area contributed by atoms with Crippen molar-refractivity contribution in [2.24, 2.45) is 11.5 Å². The lowest BCUT2D eigenvalue weighted by Gasteiger charge is -2.36. The fourth-order valence-corrected chi connectivity index (χ4v) is 2.95. The Hall–Kier alpha value is -1.30. The topological polar surface area (TPSA) is 73.7 Å². The maximum absolute atomic E-state index is 6.17. The van der Waals surface area contributed by atoms with Crippen LogP contribution in [0, 0.1) is 0 Å². The molecule has 2 atom stereocenters. The molecule has 1 aromatic rings. The van der Waals surface area contributed by atoms with Crippen LogP contribution in [0.15, 0.2) is 18.2 Å². The van der Waals surface area contributed by atoms with Crippen LogP contribution in [0.2, 0.25) is 0 Å². The molecule has 5 nitrogen and oxygen atoms in total. The Balaban J connectivity index is 2.17. The Morgan fingerprint density at radius 3 is 2.60 bits per heavy atom. The van der Waals surface area contributed by atoms with E-state index in [1.807, 2.05) is 6.07 Å². The lowest BCUT2D eigenvalue weighted by atomic mass is 9.88. The van der Waals surface area contributed by atoms with Crippen molar-refractivity contribution in [1.29, 1.82) is 0 Å². The molecule has 1 saturated heterocycles. The maximum atomic E-state index is 6.17. The number of hydrogen-bond donors (Lipinski definition) is 2. The van der Waals surface area contributed by atoms with Crippen molar-refractivity contribution in [2.45, 2.75) is 18.4 Å². The first-order valence-corrected chi connectivity index (χ1v) is 7.07. The van der Waals surface area contributed by atoms with Crippen LogP contribution >= 0.6 is 0 Å². The molecule has 1 heterocycles. The average molecular weight is 279 g/mol. The van der Waals surface area contributed by atoms with Gasteiger partial charge < -0.3 is 20.9 Å². The minimum absolute atomic E-state index is 0.202. The largest absolute Gasteiger partial charge is 0.493 e. The Morgan fingerprint density at radius 1 is 1.20 bits per heavy atom. The van der Waals surface area contributed by atoms with E-state index in [0.29, 0.717) is 12.5 Å². The molecule has 0 bridgehead atoms. The molecule has 20 heavy (non-hydrogen) atoms. The first kappa shape index (κ1) is 15.1. The van der Waals surface area contributed by atoms with Crippen molar-refractivity contribution in [2.75, 3.05) is 40.4 Å². The zero-order valence-corrected chi connectivity index (χ0v) is 12.3. The van der Waals surface area contributed by atoms with Crippen LogP contribution in [-0.4, -0.2) is 51.3 Å². The van der Waals surface area contributed by atoms with Gasteiger partial charge in [-0.05, 0) is 30.0 Å². The van der Waals surface area contributed by atoms with E-state index in [4.69, 9.17) is 20.9 Å². The average Bonchev–Trinajstić information content (AvgIpc) is 2.46. The molecule has 1 aromatic carbocycles. The highest BCUT2D eigenvalue weighted by Crippen LogP contribution is 2.33. The number of likely N-dealkylation sites (tertiary alicyclic amines) is 1. The molecule has 0 radical (unpaired) electrons. The molecule has 0 amide bonds. The zero-order valence-electron chi connectivity index (χ0n) is 12.3. The van der Waals surface area contributed by atoms with Gasteiger partial charge in [0.15, 0.2) is 11.5 Å². The van der Waals surface area contributed by atoms with Crippen molar-refractivity contribution in [3.05, 3.63) is 23.8 Å². The number of ether oxygens (including phenoxy) is 2. The molecular weight excluding hydrogens is 254 g/mol. The van der Waals surface area contributed by atoms with Gasteiger partial charge in [-0.1, -0.05) is 6.07 Å². The SMILES string of the molecule is COc1ccc(C2CC(N)CN(CCN)C2)cc1OC. The Kier molecular flexibility index (Phi) is 5.23.